The number of ether oxygens (including phenoxy) is 1. The molecule has 2 N–H and O–H groups in total. The number of aromatic amines is 1. The number of aryl methyl sites for hydroxylation is 1. The van der Waals surface area contributed by atoms with E-state index < -0.39 is 11.5 Å². The van der Waals surface area contributed by atoms with E-state index in [9.17, 15) is 14.0 Å². The third kappa shape index (κ3) is 3.75. The Bertz CT molecular complexity index is 1060. The first-order chi connectivity index (χ1) is 13.6. The molecule has 9 nitrogen and oxygen atoms in total. The molecule has 144 valence electrons. The zero-order chi connectivity index (χ0) is 19.5. The SMILES string of the molecule is O=C(NCc1nnc2n1CCC2)c1cnc(COc2ccc(F)cc2)[nH]c1=O. The summed E-state index contributed by atoms with van der Waals surface area (Å²) in [6.07, 6.45) is 3.09. The fourth-order valence-corrected chi connectivity index (χ4v) is 2.95. The molecule has 0 fully saturated rings. The Kier molecular flexibility index (Phi) is 4.83. The van der Waals surface area contributed by atoms with Crippen LogP contribution in [0, 0.1) is 5.82 Å². The van der Waals surface area contributed by atoms with Crippen molar-refractivity contribution in [2.24, 2.45) is 0 Å². The van der Waals surface area contributed by atoms with E-state index in [2.05, 4.69) is 25.5 Å². The van der Waals surface area contributed by atoms with Crippen LogP contribution in [0.5, 0.6) is 5.75 Å². The van der Waals surface area contributed by atoms with Crippen molar-refractivity contribution in [2.45, 2.75) is 32.5 Å². The summed E-state index contributed by atoms with van der Waals surface area (Å²) in [7, 11) is 0. The summed E-state index contributed by atoms with van der Waals surface area (Å²) in [5.41, 5.74) is -0.677. The summed E-state index contributed by atoms with van der Waals surface area (Å²) >= 11 is 0. The number of carbonyl (C=O) groups excluding carboxylic acids is 1. The van der Waals surface area contributed by atoms with E-state index in [-0.39, 0.29) is 30.4 Å². The second-order valence-electron chi connectivity index (χ2n) is 6.29. The van der Waals surface area contributed by atoms with Gasteiger partial charge in [-0.3, -0.25) is 9.59 Å². The highest BCUT2D eigenvalue weighted by Gasteiger charge is 2.18. The average Bonchev–Trinajstić information content (AvgIpc) is 3.30. The van der Waals surface area contributed by atoms with Gasteiger partial charge in [-0.05, 0) is 30.7 Å². The Morgan fingerprint density at radius 1 is 1.29 bits per heavy atom. The molecule has 0 spiro atoms. The molecule has 0 saturated heterocycles. The first kappa shape index (κ1) is 17.8. The van der Waals surface area contributed by atoms with Gasteiger partial charge < -0.3 is 19.6 Å². The lowest BCUT2D eigenvalue weighted by Gasteiger charge is -2.07. The molecule has 2 aromatic heterocycles. The quantitative estimate of drug-likeness (QED) is 0.654. The van der Waals surface area contributed by atoms with E-state index >= 15 is 0 Å². The van der Waals surface area contributed by atoms with E-state index in [0.717, 1.165) is 25.2 Å². The van der Waals surface area contributed by atoms with Crippen LogP contribution >= 0.6 is 0 Å². The molecule has 0 saturated carbocycles. The minimum absolute atomic E-state index is 0.0192. The summed E-state index contributed by atoms with van der Waals surface area (Å²) in [6.45, 7) is 0.994. The number of H-pyrrole nitrogens is 1. The number of nitrogens with zero attached hydrogens (tertiary/aromatic N) is 4. The first-order valence-corrected chi connectivity index (χ1v) is 8.76. The highest BCUT2D eigenvalue weighted by atomic mass is 19.1. The van der Waals surface area contributed by atoms with Crippen molar-refractivity contribution in [1.29, 1.82) is 0 Å². The lowest BCUT2D eigenvalue weighted by molar-refractivity contribution is 0.0947. The lowest BCUT2D eigenvalue weighted by Crippen LogP contribution is -2.31. The molecular weight excluding hydrogens is 367 g/mol. The van der Waals surface area contributed by atoms with Gasteiger partial charge in [0.1, 0.15) is 35.4 Å². The molecule has 1 aliphatic heterocycles. The van der Waals surface area contributed by atoms with Crippen molar-refractivity contribution in [3.63, 3.8) is 0 Å². The fraction of sp³-hybridized carbons (Fsp3) is 0.278. The Hall–Kier alpha value is -3.56. The zero-order valence-corrected chi connectivity index (χ0v) is 14.8. The van der Waals surface area contributed by atoms with Crippen molar-refractivity contribution >= 4 is 5.91 Å². The molecule has 1 aliphatic rings. The summed E-state index contributed by atoms with van der Waals surface area (Å²) in [6, 6.07) is 5.47. The number of nitrogens with one attached hydrogen (secondary N) is 2. The van der Waals surface area contributed by atoms with E-state index in [1.54, 1.807) is 0 Å². The van der Waals surface area contributed by atoms with Gasteiger partial charge in [0, 0.05) is 19.2 Å². The number of hydrogen-bond donors (Lipinski definition) is 2. The van der Waals surface area contributed by atoms with Gasteiger partial charge in [0.25, 0.3) is 11.5 Å². The van der Waals surface area contributed by atoms with Gasteiger partial charge in [-0.2, -0.15) is 0 Å². The number of rotatable bonds is 6. The van der Waals surface area contributed by atoms with Crippen LogP contribution in [-0.4, -0.2) is 30.6 Å². The number of aromatic nitrogens is 5. The Balaban J connectivity index is 1.37. The van der Waals surface area contributed by atoms with Crippen molar-refractivity contribution in [3.8, 4) is 5.75 Å². The topological polar surface area (TPSA) is 115 Å². The van der Waals surface area contributed by atoms with E-state index in [4.69, 9.17) is 4.74 Å². The molecule has 28 heavy (non-hydrogen) atoms. The third-order valence-electron chi connectivity index (χ3n) is 4.38. The molecule has 0 bridgehead atoms. The minimum atomic E-state index is -0.573. The summed E-state index contributed by atoms with van der Waals surface area (Å²) < 4.78 is 20.3. The predicted molar refractivity (Wildman–Crippen MR) is 95.1 cm³/mol. The Labute approximate surface area is 158 Å². The van der Waals surface area contributed by atoms with Gasteiger partial charge in [-0.15, -0.1) is 10.2 Å². The van der Waals surface area contributed by atoms with Crippen LogP contribution < -0.4 is 15.6 Å². The summed E-state index contributed by atoms with van der Waals surface area (Å²) in [4.78, 5) is 31.0. The molecular formula is C18H17FN6O3. The highest BCUT2D eigenvalue weighted by molar-refractivity contribution is 5.93. The first-order valence-electron chi connectivity index (χ1n) is 8.76. The number of fused-ring (bicyclic) bond motifs is 1. The van der Waals surface area contributed by atoms with Crippen LogP contribution in [0.15, 0.2) is 35.3 Å². The standard InChI is InChI=1S/C18H17FN6O3/c19-11-3-5-12(6-4-11)28-10-14-20-8-13(18(27)22-14)17(26)21-9-16-24-23-15-2-1-7-25(15)16/h3-6,8H,1-2,7,9-10H2,(H,21,26)(H,20,22,27). The van der Waals surface area contributed by atoms with Gasteiger partial charge in [0.15, 0.2) is 5.82 Å². The number of hydrogen-bond acceptors (Lipinski definition) is 6. The summed E-state index contributed by atoms with van der Waals surface area (Å²) in [5, 5.41) is 10.8. The molecule has 1 aromatic carbocycles. The smallest absolute Gasteiger partial charge is 0.263 e. The molecule has 4 rings (SSSR count). The van der Waals surface area contributed by atoms with E-state index in [1.165, 1.54) is 30.5 Å². The largest absolute Gasteiger partial charge is 0.486 e. The van der Waals surface area contributed by atoms with Crippen molar-refractivity contribution in [1.82, 2.24) is 30.0 Å². The van der Waals surface area contributed by atoms with Gasteiger partial charge in [0.05, 0.1) is 6.54 Å². The van der Waals surface area contributed by atoms with Crippen LogP contribution in [0.2, 0.25) is 0 Å². The van der Waals surface area contributed by atoms with Gasteiger partial charge in [-0.25, -0.2) is 9.37 Å². The number of carbonyl (C=O) groups is 1. The van der Waals surface area contributed by atoms with Gasteiger partial charge in [0.2, 0.25) is 0 Å². The fourth-order valence-electron chi connectivity index (χ4n) is 2.95. The monoisotopic (exact) mass is 384 g/mol. The minimum Gasteiger partial charge on any atom is -0.486 e. The van der Waals surface area contributed by atoms with Crippen LogP contribution in [0.3, 0.4) is 0 Å². The van der Waals surface area contributed by atoms with Crippen LogP contribution in [-0.2, 0) is 26.1 Å². The number of halogens is 1. The average molecular weight is 384 g/mol. The van der Waals surface area contributed by atoms with Gasteiger partial charge in [-0.1, -0.05) is 0 Å². The molecule has 1 amide bonds. The maximum atomic E-state index is 12.9. The molecule has 0 radical (unpaired) electrons. The van der Waals surface area contributed by atoms with Crippen molar-refractivity contribution < 1.29 is 13.9 Å². The summed E-state index contributed by atoms with van der Waals surface area (Å²) in [5.74, 6) is 1.34. The normalized spacial score (nSPS) is 12.6. The molecule has 0 atom stereocenters. The van der Waals surface area contributed by atoms with E-state index in [1.807, 2.05) is 4.57 Å². The van der Waals surface area contributed by atoms with Crippen molar-refractivity contribution in [2.75, 3.05) is 0 Å². The molecule has 3 heterocycles. The lowest BCUT2D eigenvalue weighted by atomic mass is 10.3. The molecule has 0 aliphatic carbocycles. The Morgan fingerprint density at radius 3 is 2.89 bits per heavy atom. The predicted octanol–water partition coefficient (Wildman–Crippen LogP) is 0.956. The van der Waals surface area contributed by atoms with E-state index in [0.29, 0.717) is 11.6 Å². The van der Waals surface area contributed by atoms with Crippen LogP contribution in [0.25, 0.3) is 0 Å². The second kappa shape index (κ2) is 7.59. The maximum absolute atomic E-state index is 12.9. The second-order valence-corrected chi connectivity index (χ2v) is 6.29. The molecule has 10 heteroatoms. The van der Waals surface area contributed by atoms with Crippen molar-refractivity contribution in [3.05, 3.63) is 69.7 Å². The zero-order valence-electron chi connectivity index (χ0n) is 14.8. The van der Waals surface area contributed by atoms with Crippen LogP contribution in [0.1, 0.15) is 34.3 Å². The molecule has 0 unspecified atom stereocenters. The van der Waals surface area contributed by atoms with Crippen LogP contribution in [0.4, 0.5) is 4.39 Å². The van der Waals surface area contributed by atoms with Gasteiger partial charge >= 0.3 is 0 Å². The Morgan fingerprint density at radius 2 is 2.11 bits per heavy atom. The number of benzene rings is 1. The molecule has 3 aromatic rings. The number of amides is 1. The third-order valence-corrected chi connectivity index (χ3v) is 4.38. The maximum Gasteiger partial charge on any atom is 0.263 e. The highest BCUT2D eigenvalue weighted by Crippen LogP contribution is 2.14.